The zero-order chi connectivity index (χ0) is 13.2. The molecular weight excluding hydrogens is 246 g/mol. The third-order valence-electron chi connectivity index (χ3n) is 3.53. The molecule has 3 saturated heterocycles. The van der Waals surface area contributed by atoms with Crippen molar-refractivity contribution in [2.45, 2.75) is 31.6 Å². The molecule has 2 atom stereocenters. The highest BCUT2D eigenvalue weighted by atomic mass is 16.6. The second kappa shape index (κ2) is 4.91. The first-order valence-corrected chi connectivity index (χ1v) is 6.42. The van der Waals surface area contributed by atoms with Gasteiger partial charge in [-0.1, -0.05) is 30.3 Å². The molecule has 5 nitrogen and oxygen atoms in total. The predicted octanol–water partition coefficient (Wildman–Crippen LogP) is 1.71. The van der Waals surface area contributed by atoms with Crippen molar-refractivity contribution in [3.05, 3.63) is 35.9 Å². The van der Waals surface area contributed by atoms with Crippen molar-refractivity contribution in [1.82, 2.24) is 4.90 Å². The Labute approximate surface area is 111 Å². The van der Waals surface area contributed by atoms with Gasteiger partial charge in [0, 0.05) is 0 Å². The minimum Gasteiger partial charge on any atom is -0.459 e. The van der Waals surface area contributed by atoms with E-state index < -0.39 is 12.1 Å². The second-order valence-corrected chi connectivity index (χ2v) is 4.84. The maximum absolute atomic E-state index is 12.0. The Hall–Kier alpha value is -2.04. The van der Waals surface area contributed by atoms with Crippen LogP contribution in [0, 0.1) is 0 Å². The molecule has 0 spiro atoms. The molecule has 1 aromatic rings. The molecule has 1 aromatic carbocycles. The largest absolute Gasteiger partial charge is 0.459 e. The average Bonchev–Trinajstić information content (AvgIpc) is 2.46. The molecule has 0 unspecified atom stereocenters. The van der Waals surface area contributed by atoms with Gasteiger partial charge in [-0.25, -0.2) is 9.59 Å². The number of fused-ring (bicyclic) bond motifs is 3. The van der Waals surface area contributed by atoms with Gasteiger partial charge in [-0.2, -0.15) is 0 Å². The summed E-state index contributed by atoms with van der Waals surface area (Å²) < 4.78 is 10.4. The fraction of sp³-hybridized carbons (Fsp3) is 0.429. The lowest BCUT2D eigenvalue weighted by molar-refractivity contribution is -0.173. The zero-order valence-corrected chi connectivity index (χ0v) is 10.5. The summed E-state index contributed by atoms with van der Waals surface area (Å²) in [5.41, 5.74) is 0.931. The topological polar surface area (TPSA) is 55.8 Å². The molecule has 3 aliphatic heterocycles. The number of nitrogens with zero attached hydrogens (tertiary/aromatic N) is 1. The van der Waals surface area contributed by atoms with Gasteiger partial charge in [0.05, 0.1) is 6.54 Å². The average molecular weight is 261 g/mol. The van der Waals surface area contributed by atoms with Crippen LogP contribution >= 0.6 is 0 Å². The highest BCUT2D eigenvalue weighted by Gasteiger charge is 2.44. The van der Waals surface area contributed by atoms with Crippen LogP contribution in [-0.2, 0) is 20.9 Å². The minimum absolute atomic E-state index is 0.165. The van der Waals surface area contributed by atoms with Crippen molar-refractivity contribution in [2.24, 2.45) is 0 Å². The summed E-state index contributed by atoms with van der Waals surface area (Å²) in [5, 5.41) is 0. The van der Waals surface area contributed by atoms with E-state index in [-0.39, 0.29) is 18.7 Å². The first-order chi connectivity index (χ1) is 9.24. The number of carbonyl (C=O) groups excluding carboxylic acids is 2. The Morgan fingerprint density at radius 1 is 1.32 bits per heavy atom. The number of rotatable bonds is 2. The van der Waals surface area contributed by atoms with E-state index in [1.807, 2.05) is 30.3 Å². The fourth-order valence-electron chi connectivity index (χ4n) is 2.53. The molecule has 0 radical (unpaired) electrons. The number of carbonyl (C=O) groups is 2. The Morgan fingerprint density at radius 2 is 2.11 bits per heavy atom. The maximum atomic E-state index is 12.0. The van der Waals surface area contributed by atoms with E-state index in [0.717, 1.165) is 12.0 Å². The van der Waals surface area contributed by atoms with Crippen molar-refractivity contribution in [2.75, 3.05) is 6.54 Å². The van der Waals surface area contributed by atoms with E-state index in [9.17, 15) is 9.59 Å². The van der Waals surface area contributed by atoms with Crippen LogP contribution in [0.2, 0.25) is 0 Å². The standard InChI is InChI=1S/C14H15NO4/c16-13-12-7-6-11(19-13)8-15(12)14(17)18-9-10-4-2-1-3-5-10/h1-5,11-12H,6-9H2/t11-,12-/m1/s1. The Morgan fingerprint density at radius 3 is 2.79 bits per heavy atom. The van der Waals surface area contributed by atoms with E-state index in [1.54, 1.807) is 0 Å². The van der Waals surface area contributed by atoms with E-state index in [2.05, 4.69) is 0 Å². The first kappa shape index (κ1) is 12.0. The van der Waals surface area contributed by atoms with Gasteiger partial charge in [0.1, 0.15) is 18.8 Å². The monoisotopic (exact) mass is 261 g/mol. The van der Waals surface area contributed by atoms with Crippen LogP contribution in [-0.4, -0.2) is 35.7 Å². The molecular formula is C14H15NO4. The molecule has 3 heterocycles. The summed E-state index contributed by atoms with van der Waals surface area (Å²) in [5.74, 6) is -0.306. The van der Waals surface area contributed by atoms with E-state index in [0.29, 0.717) is 13.0 Å². The number of ether oxygens (including phenoxy) is 2. The number of benzene rings is 1. The molecule has 19 heavy (non-hydrogen) atoms. The molecule has 1 amide bonds. The maximum Gasteiger partial charge on any atom is 0.410 e. The Bertz CT molecular complexity index is 487. The number of piperidine rings is 1. The molecule has 3 fully saturated rings. The van der Waals surface area contributed by atoms with Crippen molar-refractivity contribution in [3.63, 3.8) is 0 Å². The second-order valence-electron chi connectivity index (χ2n) is 4.84. The quantitative estimate of drug-likeness (QED) is 0.760. The summed E-state index contributed by atoms with van der Waals surface area (Å²) in [6, 6.07) is 9.01. The normalized spacial score (nSPS) is 25.1. The van der Waals surface area contributed by atoms with Crippen molar-refractivity contribution in [1.29, 1.82) is 0 Å². The van der Waals surface area contributed by atoms with Gasteiger partial charge < -0.3 is 9.47 Å². The van der Waals surface area contributed by atoms with Crippen LogP contribution < -0.4 is 0 Å². The van der Waals surface area contributed by atoms with Gasteiger partial charge in [0.25, 0.3) is 0 Å². The van der Waals surface area contributed by atoms with Crippen molar-refractivity contribution < 1.29 is 19.1 Å². The van der Waals surface area contributed by atoms with Gasteiger partial charge in [-0.05, 0) is 18.4 Å². The molecule has 4 rings (SSSR count). The third kappa shape index (κ3) is 2.41. The smallest absolute Gasteiger partial charge is 0.410 e. The van der Waals surface area contributed by atoms with Crippen LogP contribution in [0.3, 0.4) is 0 Å². The molecule has 0 aliphatic carbocycles. The van der Waals surface area contributed by atoms with Crippen LogP contribution in [0.1, 0.15) is 18.4 Å². The molecule has 2 bridgehead atoms. The highest BCUT2D eigenvalue weighted by Crippen LogP contribution is 2.27. The van der Waals surface area contributed by atoms with E-state index in [4.69, 9.17) is 9.47 Å². The number of hydrogen-bond donors (Lipinski definition) is 0. The van der Waals surface area contributed by atoms with Gasteiger partial charge >= 0.3 is 12.1 Å². The lowest BCUT2D eigenvalue weighted by Gasteiger charge is -2.42. The Kier molecular flexibility index (Phi) is 3.11. The molecule has 0 saturated carbocycles. The molecule has 3 aliphatic rings. The van der Waals surface area contributed by atoms with Gasteiger partial charge in [-0.3, -0.25) is 4.90 Å². The van der Waals surface area contributed by atoms with Gasteiger partial charge in [0.2, 0.25) is 0 Å². The molecule has 100 valence electrons. The zero-order valence-electron chi connectivity index (χ0n) is 10.5. The third-order valence-corrected chi connectivity index (χ3v) is 3.53. The van der Waals surface area contributed by atoms with Crippen LogP contribution in [0.4, 0.5) is 4.79 Å². The lowest BCUT2D eigenvalue weighted by atomic mass is 9.97. The summed E-state index contributed by atoms with van der Waals surface area (Å²) in [4.78, 5) is 25.1. The van der Waals surface area contributed by atoms with Crippen LogP contribution in [0.5, 0.6) is 0 Å². The van der Waals surface area contributed by atoms with Crippen LogP contribution in [0.25, 0.3) is 0 Å². The number of hydrogen-bond acceptors (Lipinski definition) is 4. The van der Waals surface area contributed by atoms with Crippen LogP contribution in [0.15, 0.2) is 30.3 Å². The Balaban J connectivity index is 1.60. The minimum atomic E-state index is -0.465. The fourth-order valence-corrected chi connectivity index (χ4v) is 2.53. The van der Waals surface area contributed by atoms with E-state index in [1.165, 1.54) is 4.90 Å². The van der Waals surface area contributed by atoms with Gasteiger partial charge in [-0.15, -0.1) is 0 Å². The van der Waals surface area contributed by atoms with Crippen molar-refractivity contribution >= 4 is 12.1 Å². The predicted molar refractivity (Wildman–Crippen MR) is 66.2 cm³/mol. The summed E-state index contributed by atoms with van der Waals surface area (Å²) >= 11 is 0. The number of amides is 1. The molecule has 0 aromatic heterocycles. The summed E-state index contributed by atoms with van der Waals surface area (Å²) in [6.07, 6.45) is 0.903. The summed E-state index contributed by atoms with van der Waals surface area (Å²) in [6.45, 7) is 0.673. The molecule has 5 heteroatoms. The highest BCUT2D eigenvalue weighted by molar-refractivity contribution is 5.83. The van der Waals surface area contributed by atoms with Gasteiger partial charge in [0.15, 0.2) is 0 Å². The van der Waals surface area contributed by atoms with Crippen molar-refractivity contribution in [3.8, 4) is 0 Å². The molecule has 0 N–H and O–H groups in total. The lowest BCUT2D eigenvalue weighted by Crippen LogP contribution is -2.59. The number of morpholine rings is 1. The van der Waals surface area contributed by atoms with E-state index >= 15 is 0 Å². The SMILES string of the molecule is O=C1O[C@@H]2CC[C@H]1N(C(=O)OCc1ccccc1)C2. The number of esters is 1. The summed E-state index contributed by atoms with van der Waals surface area (Å²) in [7, 11) is 0. The first-order valence-electron chi connectivity index (χ1n) is 6.42.